The molecule has 4 aliphatic rings. The Morgan fingerprint density at radius 2 is 1.21 bits per heavy atom. The number of ether oxygens (including phenoxy) is 7. The summed E-state index contributed by atoms with van der Waals surface area (Å²) >= 11 is 0. The summed E-state index contributed by atoms with van der Waals surface area (Å²) in [4.78, 5) is 0. The molecular formula is C33H43O19+. The van der Waals surface area contributed by atoms with Crippen LogP contribution in [-0.2, 0) is 23.7 Å². The lowest BCUT2D eigenvalue weighted by atomic mass is 9.98. The summed E-state index contributed by atoms with van der Waals surface area (Å²) in [7, 11) is 0. The van der Waals surface area contributed by atoms with Crippen LogP contribution in [0.25, 0.3) is 6.08 Å². The minimum Gasteiger partial charge on any atom is -0.571 e. The van der Waals surface area contributed by atoms with E-state index in [1.807, 2.05) is 0 Å². The van der Waals surface area contributed by atoms with Crippen molar-refractivity contribution in [2.24, 2.45) is 0 Å². The summed E-state index contributed by atoms with van der Waals surface area (Å²) < 4.78 is 38.9. The van der Waals surface area contributed by atoms with E-state index in [0.717, 1.165) is 6.07 Å². The first kappa shape index (κ1) is 38.3. The Bertz CT molecular complexity index is 1550. The summed E-state index contributed by atoms with van der Waals surface area (Å²) in [6.07, 6.45) is -23.4. The van der Waals surface area contributed by atoms with Gasteiger partial charge in [-0.3, -0.25) is 0 Å². The topological polar surface area (TPSA) is 311 Å². The number of rotatable bonds is 9. The Hall–Kier alpha value is -3.38. The molecule has 288 valence electrons. The predicted molar refractivity (Wildman–Crippen MR) is 169 cm³/mol. The van der Waals surface area contributed by atoms with Crippen molar-refractivity contribution in [2.75, 3.05) is 13.2 Å². The van der Waals surface area contributed by atoms with Gasteiger partial charge in [-0.15, -0.1) is 0 Å². The fraction of sp³-hybridized carbons (Fsp3) is 0.576. The standard InChI is InChI=1S/C33H42O19/c1-11-21(37)24(40)27(43)31(47-11)46-10-20-23(39)26(42)29(45)33(52-20)50-18-8-15-16(48-30(18)12-2-4-13(35)5-3-12)6-14(36)7-17(15)49-32-28(44)25(41)22(38)19(9-34)51-32/h2-8,11,19-45H,9-10H2,1H3/p+1/t11-,19-,20+,21+,22-,23+,24+,25+,26-,27-,28-,29+,30?,31-,32-,33-/m1/s1. The van der Waals surface area contributed by atoms with Gasteiger partial charge in [0, 0.05) is 12.1 Å². The molecule has 0 saturated carbocycles. The third-order valence-electron chi connectivity index (χ3n) is 9.38. The molecule has 13 N–H and O–H groups in total. The first-order chi connectivity index (χ1) is 24.7. The van der Waals surface area contributed by atoms with Crippen molar-refractivity contribution in [3.05, 3.63) is 53.3 Å². The molecule has 0 bridgehead atoms. The van der Waals surface area contributed by atoms with Crippen molar-refractivity contribution in [1.82, 2.24) is 0 Å². The SMILES string of the molecule is C[C@H]1O[C@@H](OC[C@@H]2O[C@@H](OC3=Cc4c(O[C@@H]5O[C@H](CO)[C@@H](O)[C@H](O)[C@H]5O)cc(O)cc4[OH+]C3c3ccc(O)cc3)[C@@H](O)[C@H](O)[C@H]2O)[C@H](O)[C@@H](O)[C@H]1O. The molecular weight excluding hydrogens is 700 g/mol. The minimum atomic E-state index is -1.85. The van der Waals surface area contributed by atoms with E-state index in [2.05, 4.69) is 4.74 Å². The van der Waals surface area contributed by atoms with Gasteiger partial charge >= 0.3 is 0 Å². The molecule has 4 heterocycles. The van der Waals surface area contributed by atoms with Crippen molar-refractivity contribution in [2.45, 2.75) is 105 Å². The quantitative estimate of drug-likeness (QED) is 0.110. The van der Waals surface area contributed by atoms with Gasteiger partial charge in [-0.25, -0.2) is 0 Å². The molecule has 16 atom stereocenters. The smallest absolute Gasteiger partial charge is 0.270 e. The molecule has 19 nitrogen and oxygen atoms in total. The number of hydrogen-bond donors (Lipinski definition) is 12. The average Bonchev–Trinajstić information content (AvgIpc) is 3.12. The second kappa shape index (κ2) is 15.5. The van der Waals surface area contributed by atoms with E-state index in [4.69, 9.17) is 28.4 Å². The van der Waals surface area contributed by atoms with Crippen molar-refractivity contribution in [1.29, 1.82) is 0 Å². The third kappa shape index (κ3) is 7.52. The average molecular weight is 744 g/mol. The molecule has 0 amide bonds. The van der Waals surface area contributed by atoms with Gasteiger partial charge in [0.25, 0.3) is 11.9 Å². The maximum atomic E-state index is 10.9. The van der Waals surface area contributed by atoms with E-state index < -0.39 is 111 Å². The fourth-order valence-electron chi connectivity index (χ4n) is 6.28. The van der Waals surface area contributed by atoms with Crippen LogP contribution < -0.4 is 4.74 Å². The van der Waals surface area contributed by atoms with Crippen LogP contribution in [0.5, 0.6) is 23.0 Å². The third-order valence-corrected chi connectivity index (χ3v) is 9.38. The number of benzene rings is 2. The highest BCUT2D eigenvalue weighted by atomic mass is 16.7. The molecule has 1 unspecified atom stereocenters. The Balaban J connectivity index is 1.29. The molecule has 0 radical (unpaired) electrons. The summed E-state index contributed by atoms with van der Waals surface area (Å²) in [5.74, 6) is -0.475. The Morgan fingerprint density at radius 1 is 0.635 bits per heavy atom. The van der Waals surface area contributed by atoms with Crippen LogP contribution >= 0.6 is 0 Å². The molecule has 3 fully saturated rings. The largest absolute Gasteiger partial charge is 0.571 e. The van der Waals surface area contributed by atoms with E-state index in [9.17, 15) is 61.3 Å². The molecule has 6 rings (SSSR count). The molecule has 2 aromatic rings. The number of aromatic hydroxyl groups is 3. The number of fused-ring (bicyclic) bond motifs is 1. The van der Waals surface area contributed by atoms with Gasteiger partial charge in [0.05, 0.1) is 30.9 Å². The molecule has 2 aromatic carbocycles. The maximum Gasteiger partial charge on any atom is 0.270 e. The minimum absolute atomic E-state index is 0.0492. The zero-order chi connectivity index (χ0) is 37.6. The van der Waals surface area contributed by atoms with Crippen LogP contribution in [0.2, 0.25) is 0 Å². The lowest BCUT2D eigenvalue weighted by Crippen LogP contribution is -2.61. The molecule has 4 aliphatic heterocycles. The Morgan fingerprint density at radius 3 is 1.87 bits per heavy atom. The number of phenolic OH excluding ortho intramolecular Hbond substituents is 2. The van der Waals surface area contributed by atoms with E-state index in [0.29, 0.717) is 5.56 Å². The van der Waals surface area contributed by atoms with Gasteiger partial charge < -0.3 is 94.4 Å². The zero-order valence-corrected chi connectivity index (χ0v) is 27.5. The Labute approximate surface area is 295 Å². The van der Waals surface area contributed by atoms with Crippen LogP contribution in [-0.4, -0.2) is 171 Å². The summed E-state index contributed by atoms with van der Waals surface area (Å²) in [5.41, 5.74) is 0.572. The highest BCUT2D eigenvalue weighted by Crippen LogP contribution is 2.46. The van der Waals surface area contributed by atoms with Gasteiger partial charge in [-0.2, -0.15) is 0 Å². The second-order valence-corrected chi connectivity index (χ2v) is 13.0. The summed E-state index contributed by atoms with van der Waals surface area (Å²) in [5, 5.41) is 124. The van der Waals surface area contributed by atoms with Crippen LogP contribution in [0.3, 0.4) is 0 Å². The number of hydrogen-bond acceptors (Lipinski definition) is 18. The van der Waals surface area contributed by atoms with E-state index in [1.54, 1.807) is 0 Å². The van der Waals surface area contributed by atoms with Crippen LogP contribution in [0.1, 0.15) is 24.2 Å². The summed E-state index contributed by atoms with van der Waals surface area (Å²) in [6, 6.07) is 8.24. The number of aliphatic hydroxyl groups is 11. The van der Waals surface area contributed by atoms with Crippen LogP contribution in [0.15, 0.2) is 42.2 Å². The lowest BCUT2D eigenvalue weighted by molar-refractivity contribution is -0.325. The monoisotopic (exact) mass is 743 g/mol. The molecule has 0 aromatic heterocycles. The first-order valence-corrected chi connectivity index (χ1v) is 16.4. The van der Waals surface area contributed by atoms with Crippen LogP contribution in [0.4, 0.5) is 0 Å². The predicted octanol–water partition coefficient (Wildman–Crippen LogP) is -3.72. The van der Waals surface area contributed by atoms with Crippen molar-refractivity contribution in [3.63, 3.8) is 0 Å². The van der Waals surface area contributed by atoms with Crippen molar-refractivity contribution in [3.8, 4) is 23.0 Å². The van der Waals surface area contributed by atoms with E-state index in [-0.39, 0.29) is 34.3 Å². The normalized spacial score (nSPS) is 40.6. The van der Waals surface area contributed by atoms with Gasteiger partial charge in [0.1, 0.15) is 90.0 Å². The lowest BCUT2D eigenvalue weighted by Gasteiger charge is -2.42. The molecule has 19 heteroatoms. The molecule has 52 heavy (non-hydrogen) atoms. The number of phenols is 2. The van der Waals surface area contributed by atoms with Gasteiger partial charge in [0.15, 0.2) is 12.0 Å². The fourth-order valence-corrected chi connectivity index (χ4v) is 6.28. The van der Waals surface area contributed by atoms with E-state index in [1.165, 1.54) is 43.3 Å². The first-order valence-electron chi connectivity index (χ1n) is 16.4. The van der Waals surface area contributed by atoms with Gasteiger partial charge in [0.2, 0.25) is 12.6 Å². The van der Waals surface area contributed by atoms with Crippen molar-refractivity contribution < 1.29 is 94.4 Å². The number of aliphatic hydroxyl groups excluding tert-OH is 10. The highest BCUT2D eigenvalue weighted by molar-refractivity contribution is 5.69. The van der Waals surface area contributed by atoms with E-state index >= 15 is 0 Å². The van der Waals surface area contributed by atoms with Crippen molar-refractivity contribution >= 4 is 6.08 Å². The molecule has 3 saturated heterocycles. The summed E-state index contributed by atoms with van der Waals surface area (Å²) in [6.45, 7) is 0.171. The highest BCUT2D eigenvalue weighted by Gasteiger charge is 2.49. The molecule has 0 spiro atoms. The maximum absolute atomic E-state index is 10.9. The van der Waals surface area contributed by atoms with Gasteiger partial charge in [-0.05, 0) is 31.2 Å². The molecule has 0 aliphatic carbocycles. The zero-order valence-electron chi connectivity index (χ0n) is 27.5. The Kier molecular flexibility index (Phi) is 11.5. The van der Waals surface area contributed by atoms with Crippen LogP contribution in [0, 0.1) is 0 Å². The van der Waals surface area contributed by atoms with Gasteiger partial charge in [-0.1, -0.05) is 0 Å². The second-order valence-electron chi connectivity index (χ2n) is 13.0.